The minimum atomic E-state index is -0.470. The number of benzene rings is 2. The third-order valence-corrected chi connectivity index (χ3v) is 3.74. The average molecular weight is 298 g/mol. The van der Waals surface area contributed by atoms with Gasteiger partial charge in [0.25, 0.3) is 5.69 Å². The second-order valence-corrected chi connectivity index (χ2v) is 5.10. The number of anilines is 1. The number of amides is 1. The zero-order valence-electron chi connectivity index (χ0n) is 11.9. The van der Waals surface area contributed by atoms with Crippen LogP contribution in [0, 0.1) is 10.1 Å². The third-order valence-electron chi connectivity index (χ3n) is 3.74. The van der Waals surface area contributed by atoms with Gasteiger partial charge in [-0.05, 0) is 24.6 Å². The van der Waals surface area contributed by atoms with Crippen LogP contribution in [0.5, 0.6) is 0 Å². The SMILES string of the molecule is CC1C(c2ccccc2)OC(=O)N1c1ccc([N+](=O)[O-])cc1. The number of nitro benzene ring substituents is 1. The molecule has 2 aromatic carbocycles. The van der Waals surface area contributed by atoms with Gasteiger partial charge in [0.2, 0.25) is 0 Å². The summed E-state index contributed by atoms with van der Waals surface area (Å²) in [5.74, 6) is 0. The Labute approximate surface area is 127 Å². The molecule has 3 rings (SSSR count). The summed E-state index contributed by atoms with van der Waals surface area (Å²) in [6.45, 7) is 1.89. The number of cyclic esters (lactones) is 1. The van der Waals surface area contributed by atoms with Crippen LogP contribution in [0.2, 0.25) is 0 Å². The van der Waals surface area contributed by atoms with Gasteiger partial charge in [0, 0.05) is 17.8 Å². The number of nitro groups is 1. The summed E-state index contributed by atoms with van der Waals surface area (Å²) in [6.07, 6.45) is -0.806. The highest BCUT2D eigenvalue weighted by Crippen LogP contribution is 2.36. The number of rotatable bonds is 3. The maximum atomic E-state index is 12.2. The van der Waals surface area contributed by atoms with Crippen LogP contribution in [-0.4, -0.2) is 17.1 Å². The second-order valence-electron chi connectivity index (χ2n) is 5.10. The highest BCUT2D eigenvalue weighted by atomic mass is 16.6. The van der Waals surface area contributed by atoms with Gasteiger partial charge in [-0.2, -0.15) is 0 Å². The molecular weight excluding hydrogens is 284 g/mol. The first-order valence-electron chi connectivity index (χ1n) is 6.87. The minimum Gasteiger partial charge on any atom is -0.439 e. The molecule has 0 bridgehead atoms. The largest absolute Gasteiger partial charge is 0.439 e. The van der Waals surface area contributed by atoms with E-state index in [-0.39, 0.29) is 17.8 Å². The number of carbonyl (C=O) groups is 1. The molecule has 1 heterocycles. The van der Waals surface area contributed by atoms with Crippen LogP contribution in [0.3, 0.4) is 0 Å². The van der Waals surface area contributed by atoms with Crippen molar-refractivity contribution in [3.05, 3.63) is 70.3 Å². The number of hydrogen-bond acceptors (Lipinski definition) is 4. The highest BCUT2D eigenvalue weighted by Gasteiger charge is 2.40. The molecule has 0 aliphatic carbocycles. The van der Waals surface area contributed by atoms with E-state index in [0.717, 1.165) is 5.56 Å². The zero-order chi connectivity index (χ0) is 15.7. The van der Waals surface area contributed by atoms with Crippen molar-refractivity contribution in [3.63, 3.8) is 0 Å². The normalized spacial score (nSPS) is 20.8. The lowest BCUT2D eigenvalue weighted by molar-refractivity contribution is -0.384. The van der Waals surface area contributed by atoms with E-state index in [4.69, 9.17) is 4.74 Å². The summed E-state index contributed by atoms with van der Waals surface area (Å²) in [7, 11) is 0. The Hall–Kier alpha value is -2.89. The molecular formula is C16H14N2O4. The third kappa shape index (κ3) is 2.39. The van der Waals surface area contributed by atoms with Crippen molar-refractivity contribution < 1.29 is 14.5 Å². The number of ether oxygens (including phenoxy) is 1. The van der Waals surface area contributed by atoms with E-state index in [9.17, 15) is 14.9 Å². The van der Waals surface area contributed by atoms with Crippen LogP contribution in [0.4, 0.5) is 16.2 Å². The van der Waals surface area contributed by atoms with E-state index in [2.05, 4.69) is 0 Å². The van der Waals surface area contributed by atoms with Crippen LogP contribution in [0.1, 0.15) is 18.6 Å². The van der Waals surface area contributed by atoms with E-state index >= 15 is 0 Å². The Morgan fingerprint density at radius 2 is 1.73 bits per heavy atom. The van der Waals surface area contributed by atoms with Gasteiger partial charge in [0.05, 0.1) is 11.0 Å². The minimum absolute atomic E-state index is 0.0106. The topological polar surface area (TPSA) is 72.7 Å². The molecule has 0 aromatic heterocycles. The van der Waals surface area contributed by atoms with E-state index < -0.39 is 11.0 Å². The molecule has 0 radical (unpaired) electrons. The fourth-order valence-electron chi connectivity index (χ4n) is 2.63. The Kier molecular flexibility index (Phi) is 3.50. The molecule has 1 saturated heterocycles. The molecule has 1 amide bonds. The molecule has 22 heavy (non-hydrogen) atoms. The molecule has 2 unspecified atom stereocenters. The fourth-order valence-corrected chi connectivity index (χ4v) is 2.63. The molecule has 2 atom stereocenters. The second kappa shape index (κ2) is 5.48. The molecule has 1 fully saturated rings. The molecule has 6 nitrogen and oxygen atoms in total. The summed E-state index contributed by atoms with van der Waals surface area (Å²) >= 11 is 0. The fraction of sp³-hybridized carbons (Fsp3) is 0.188. The van der Waals surface area contributed by atoms with Crippen molar-refractivity contribution in [3.8, 4) is 0 Å². The average Bonchev–Trinajstić information content (AvgIpc) is 2.83. The summed E-state index contributed by atoms with van der Waals surface area (Å²) in [5, 5.41) is 10.7. The predicted octanol–water partition coefficient (Wildman–Crippen LogP) is 3.68. The van der Waals surface area contributed by atoms with E-state index in [1.165, 1.54) is 17.0 Å². The van der Waals surface area contributed by atoms with E-state index in [1.54, 1.807) is 12.1 Å². The number of hydrogen-bond donors (Lipinski definition) is 0. The molecule has 0 saturated carbocycles. The van der Waals surface area contributed by atoms with Crippen molar-refractivity contribution in [2.45, 2.75) is 19.1 Å². The molecule has 2 aromatic rings. The molecule has 0 N–H and O–H groups in total. The predicted molar refractivity (Wildman–Crippen MR) is 80.7 cm³/mol. The monoisotopic (exact) mass is 298 g/mol. The maximum Gasteiger partial charge on any atom is 0.415 e. The van der Waals surface area contributed by atoms with Crippen molar-refractivity contribution in [1.82, 2.24) is 0 Å². The lowest BCUT2D eigenvalue weighted by Crippen LogP contribution is -2.31. The summed E-state index contributed by atoms with van der Waals surface area (Å²) in [4.78, 5) is 23.9. The van der Waals surface area contributed by atoms with Crippen molar-refractivity contribution in [2.75, 3.05) is 4.90 Å². The standard InChI is InChI=1S/C16H14N2O4/c1-11-15(12-5-3-2-4-6-12)22-16(19)17(11)13-7-9-14(10-8-13)18(20)21/h2-11,15H,1H3. The quantitative estimate of drug-likeness (QED) is 0.640. The molecule has 6 heteroatoms. The number of nitrogens with zero attached hydrogens (tertiary/aromatic N) is 2. The van der Waals surface area contributed by atoms with Crippen LogP contribution >= 0.6 is 0 Å². The first-order chi connectivity index (χ1) is 10.6. The first-order valence-corrected chi connectivity index (χ1v) is 6.87. The zero-order valence-corrected chi connectivity index (χ0v) is 11.9. The smallest absolute Gasteiger partial charge is 0.415 e. The van der Waals surface area contributed by atoms with Gasteiger partial charge in [-0.25, -0.2) is 4.79 Å². The van der Waals surface area contributed by atoms with Crippen molar-refractivity contribution in [1.29, 1.82) is 0 Å². The molecule has 1 aliphatic heterocycles. The van der Waals surface area contributed by atoms with Gasteiger partial charge in [-0.1, -0.05) is 30.3 Å². The Balaban J connectivity index is 1.88. The van der Waals surface area contributed by atoms with Gasteiger partial charge >= 0.3 is 6.09 Å². The van der Waals surface area contributed by atoms with Gasteiger partial charge in [-0.3, -0.25) is 15.0 Å². The van der Waals surface area contributed by atoms with E-state index in [1.807, 2.05) is 37.3 Å². The lowest BCUT2D eigenvalue weighted by atomic mass is 10.0. The maximum absolute atomic E-state index is 12.2. The lowest BCUT2D eigenvalue weighted by Gasteiger charge is -2.20. The van der Waals surface area contributed by atoms with Crippen molar-refractivity contribution in [2.24, 2.45) is 0 Å². The van der Waals surface area contributed by atoms with Crippen LogP contribution in [-0.2, 0) is 4.74 Å². The van der Waals surface area contributed by atoms with Crippen LogP contribution in [0.25, 0.3) is 0 Å². The number of carbonyl (C=O) groups excluding carboxylic acids is 1. The molecule has 0 spiro atoms. The van der Waals surface area contributed by atoms with Gasteiger partial charge in [0.15, 0.2) is 0 Å². The van der Waals surface area contributed by atoms with Gasteiger partial charge in [0.1, 0.15) is 6.10 Å². The van der Waals surface area contributed by atoms with Gasteiger partial charge < -0.3 is 4.74 Å². The summed E-state index contributed by atoms with van der Waals surface area (Å²) in [5.41, 5.74) is 1.50. The Morgan fingerprint density at radius 1 is 1.09 bits per heavy atom. The Morgan fingerprint density at radius 3 is 2.32 bits per heavy atom. The van der Waals surface area contributed by atoms with Crippen LogP contribution < -0.4 is 4.90 Å². The van der Waals surface area contributed by atoms with Crippen molar-refractivity contribution >= 4 is 17.5 Å². The Bertz CT molecular complexity index is 700. The summed E-state index contributed by atoms with van der Waals surface area (Å²) in [6, 6.07) is 15.2. The first kappa shape index (κ1) is 14.1. The number of non-ortho nitro benzene ring substituents is 1. The molecule has 112 valence electrons. The summed E-state index contributed by atoms with van der Waals surface area (Å²) < 4.78 is 5.46. The van der Waals surface area contributed by atoms with Crippen LogP contribution in [0.15, 0.2) is 54.6 Å². The highest BCUT2D eigenvalue weighted by molar-refractivity contribution is 5.90. The molecule has 1 aliphatic rings. The van der Waals surface area contributed by atoms with E-state index in [0.29, 0.717) is 5.69 Å². The van der Waals surface area contributed by atoms with Gasteiger partial charge in [-0.15, -0.1) is 0 Å².